The number of para-hydroxylation sites is 1. The Morgan fingerprint density at radius 1 is 1.14 bits per heavy atom. The van der Waals surface area contributed by atoms with Crippen molar-refractivity contribution in [2.24, 2.45) is 5.10 Å². The predicted molar refractivity (Wildman–Crippen MR) is 104 cm³/mol. The Kier molecular flexibility index (Phi) is 4.65. The summed E-state index contributed by atoms with van der Waals surface area (Å²) in [4.78, 5) is 25.8. The van der Waals surface area contributed by atoms with Crippen molar-refractivity contribution in [3.8, 4) is 0 Å². The molecule has 1 aliphatic heterocycles. The van der Waals surface area contributed by atoms with Crippen molar-refractivity contribution in [1.29, 1.82) is 0 Å². The quantitative estimate of drug-likeness (QED) is 0.344. The number of hydrogen-bond donors (Lipinski definition) is 0. The maximum Gasteiger partial charge on any atom is 0.349 e. The zero-order valence-corrected chi connectivity index (χ0v) is 15.2. The van der Waals surface area contributed by atoms with Crippen LogP contribution >= 0.6 is 11.8 Å². The van der Waals surface area contributed by atoms with E-state index >= 15 is 0 Å². The normalized spacial score (nSPS) is 13.4. The van der Waals surface area contributed by atoms with Gasteiger partial charge in [-0.1, -0.05) is 12.1 Å². The lowest BCUT2D eigenvalue weighted by Crippen LogP contribution is -2.12. The molecule has 142 valence electrons. The van der Waals surface area contributed by atoms with Crippen LogP contribution in [0.15, 0.2) is 50.8 Å². The molecule has 0 spiro atoms. The number of fused-ring (bicyclic) bond motifs is 1. The predicted octanol–water partition coefficient (Wildman–Crippen LogP) is 4.13. The molecule has 0 radical (unpaired) electrons. The molecule has 3 aromatic rings. The van der Waals surface area contributed by atoms with Gasteiger partial charge >= 0.3 is 11.4 Å². The number of aromatic nitrogens is 1. The van der Waals surface area contributed by atoms with E-state index in [0.717, 1.165) is 35.7 Å². The maximum absolute atomic E-state index is 11.1. The first-order valence-corrected chi connectivity index (χ1v) is 9.25. The van der Waals surface area contributed by atoms with E-state index in [1.807, 2.05) is 35.5 Å². The van der Waals surface area contributed by atoms with Gasteiger partial charge in [0, 0.05) is 24.1 Å². The molecule has 10 nitrogen and oxygen atoms in total. The zero-order chi connectivity index (χ0) is 19.7. The fraction of sp³-hybridized carbons (Fsp3) is 0.176. The average molecular weight is 399 g/mol. The Labute approximate surface area is 162 Å². The standard InChI is InChI=1S/C17H13N5O5S/c23-21(24)13-8-11-15(9-14(13)22(25)26)27-17(19-11)10-28-16-5-2-1-4-12(16)20-7-3-6-18-20/h1-2,4-6,8-9H,3,7,10H2. The molecule has 2 aromatic carbocycles. The molecule has 0 saturated heterocycles. The first kappa shape index (κ1) is 17.9. The van der Waals surface area contributed by atoms with Gasteiger partial charge in [-0.15, -0.1) is 11.8 Å². The highest BCUT2D eigenvalue weighted by atomic mass is 32.2. The Bertz CT molecular complexity index is 1060. The molecule has 0 bridgehead atoms. The average Bonchev–Trinajstić information content (AvgIpc) is 3.34. The van der Waals surface area contributed by atoms with Gasteiger partial charge in [-0.05, 0) is 12.1 Å². The van der Waals surface area contributed by atoms with Crippen LogP contribution < -0.4 is 5.01 Å². The molecule has 28 heavy (non-hydrogen) atoms. The third kappa shape index (κ3) is 3.39. The Morgan fingerprint density at radius 3 is 2.61 bits per heavy atom. The maximum atomic E-state index is 11.1. The monoisotopic (exact) mass is 399 g/mol. The molecule has 0 N–H and O–H groups in total. The summed E-state index contributed by atoms with van der Waals surface area (Å²) in [5, 5.41) is 28.4. The number of oxazole rings is 1. The van der Waals surface area contributed by atoms with Crippen LogP contribution in [0.2, 0.25) is 0 Å². The third-order valence-corrected chi connectivity index (χ3v) is 5.16. The molecule has 0 amide bonds. The van der Waals surface area contributed by atoms with Crippen LogP contribution in [0.25, 0.3) is 11.1 Å². The Balaban J connectivity index is 1.60. The van der Waals surface area contributed by atoms with Crippen molar-refractivity contribution in [1.82, 2.24) is 4.98 Å². The first-order chi connectivity index (χ1) is 13.5. The van der Waals surface area contributed by atoms with Gasteiger partial charge in [-0.3, -0.25) is 25.2 Å². The van der Waals surface area contributed by atoms with Gasteiger partial charge in [0.05, 0.1) is 33.4 Å². The molecule has 4 rings (SSSR count). The van der Waals surface area contributed by atoms with E-state index in [1.54, 1.807) is 0 Å². The molecule has 0 saturated carbocycles. The topological polar surface area (TPSA) is 128 Å². The lowest BCUT2D eigenvalue weighted by atomic mass is 10.2. The van der Waals surface area contributed by atoms with Gasteiger partial charge < -0.3 is 4.42 Å². The van der Waals surface area contributed by atoms with Crippen LogP contribution in [0, 0.1) is 20.2 Å². The molecule has 0 aliphatic carbocycles. The van der Waals surface area contributed by atoms with E-state index in [0.29, 0.717) is 11.6 Å². The number of anilines is 1. The van der Waals surface area contributed by atoms with Crippen molar-refractivity contribution in [3.63, 3.8) is 0 Å². The molecule has 2 heterocycles. The van der Waals surface area contributed by atoms with E-state index in [4.69, 9.17) is 4.42 Å². The lowest BCUT2D eigenvalue weighted by Gasteiger charge is -2.17. The molecule has 0 unspecified atom stereocenters. The minimum Gasteiger partial charge on any atom is -0.439 e. The number of nitro groups is 2. The number of hydrazone groups is 1. The first-order valence-electron chi connectivity index (χ1n) is 8.27. The highest BCUT2D eigenvalue weighted by molar-refractivity contribution is 7.98. The minimum absolute atomic E-state index is 0.144. The summed E-state index contributed by atoms with van der Waals surface area (Å²) in [6.45, 7) is 0.813. The van der Waals surface area contributed by atoms with Crippen molar-refractivity contribution in [3.05, 3.63) is 62.5 Å². The molecule has 11 heteroatoms. The summed E-state index contributed by atoms with van der Waals surface area (Å²) < 4.78 is 5.58. The molecular formula is C17H13N5O5S. The van der Waals surface area contributed by atoms with Crippen molar-refractivity contribution in [2.75, 3.05) is 11.6 Å². The summed E-state index contributed by atoms with van der Waals surface area (Å²) in [5.41, 5.74) is 0.103. The number of nitro benzene ring substituents is 2. The van der Waals surface area contributed by atoms with Gasteiger partial charge in [0.1, 0.15) is 5.52 Å². The van der Waals surface area contributed by atoms with Gasteiger partial charge in [0.25, 0.3) is 0 Å². The third-order valence-electron chi connectivity index (χ3n) is 4.11. The molecule has 1 aromatic heterocycles. The summed E-state index contributed by atoms with van der Waals surface area (Å²) in [6.07, 6.45) is 2.75. The minimum atomic E-state index is -0.804. The molecule has 0 atom stereocenters. The molecule has 1 aliphatic rings. The van der Waals surface area contributed by atoms with Crippen LogP contribution in [0.5, 0.6) is 0 Å². The number of nitrogens with zero attached hydrogens (tertiary/aromatic N) is 5. The van der Waals surface area contributed by atoms with Gasteiger partial charge in [0.15, 0.2) is 5.58 Å². The highest BCUT2D eigenvalue weighted by Gasteiger charge is 2.27. The Morgan fingerprint density at radius 2 is 1.89 bits per heavy atom. The van der Waals surface area contributed by atoms with Crippen molar-refractivity contribution < 1.29 is 14.3 Å². The van der Waals surface area contributed by atoms with Gasteiger partial charge in [-0.2, -0.15) is 5.10 Å². The summed E-state index contributed by atoms with van der Waals surface area (Å²) in [5.74, 6) is 0.694. The number of thioether (sulfide) groups is 1. The fourth-order valence-electron chi connectivity index (χ4n) is 2.86. The van der Waals surface area contributed by atoms with E-state index in [-0.39, 0.29) is 11.1 Å². The van der Waals surface area contributed by atoms with Crippen LogP contribution in [-0.4, -0.2) is 27.6 Å². The van der Waals surface area contributed by atoms with Crippen LogP contribution in [0.3, 0.4) is 0 Å². The fourth-order valence-corrected chi connectivity index (χ4v) is 3.76. The van der Waals surface area contributed by atoms with E-state index < -0.39 is 21.2 Å². The van der Waals surface area contributed by atoms with Crippen LogP contribution in [0.1, 0.15) is 12.3 Å². The molecular weight excluding hydrogens is 386 g/mol. The summed E-state index contributed by atoms with van der Waals surface area (Å²) in [7, 11) is 0. The van der Waals surface area contributed by atoms with E-state index in [9.17, 15) is 20.2 Å². The number of benzene rings is 2. The second kappa shape index (κ2) is 7.27. The largest absolute Gasteiger partial charge is 0.439 e. The smallest absolute Gasteiger partial charge is 0.349 e. The highest BCUT2D eigenvalue weighted by Crippen LogP contribution is 2.35. The SMILES string of the molecule is O=[N+]([O-])c1cc2nc(CSc3ccccc3N3CCC=N3)oc2cc1[N+](=O)[O-]. The summed E-state index contributed by atoms with van der Waals surface area (Å²) >= 11 is 1.48. The van der Waals surface area contributed by atoms with Gasteiger partial charge in [0.2, 0.25) is 5.89 Å². The van der Waals surface area contributed by atoms with Crippen LogP contribution in [0.4, 0.5) is 17.1 Å². The van der Waals surface area contributed by atoms with Gasteiger partial charge in [-0.25, -0.2) is 4.98 Å². The lowest BCUT2D eigenvalue weighted by molar-refractivity contribution is -0.422. The molecule has 0 fully saturated rings. The number of hydrogen-bond acceptors (Lipinski definition) is 9. The zero-order valence-electron chi connectivity index (χ0n) is 14.3. The van der Waals surface area contributed by atoms with E-state index in [2.05, 4.69) is 10.1 Å². The van der Waals surface area contributed by atoms with Crippen LogP contribution in [-0.2, 0) is 5.75 Å². The Hall–Kier alpha value is -3.47. The summed E-state index contributed by atoms with van der Waals surface area (Å²) in [6, 6.07) is 9.91. The van der Waals surface area contributed by atoms with Crippen molar-refractivity contribution in [2.45, 2.75) is 17.1 Å². The number of rotatable bonds is 6. The second-order valence-corrected chi connectivity index (χ2v) is 6.91. The van der Waals surface area contributed by atoms with E-state index in [1.165, 1.54) is 11.8 Å². The second-order valence-electron chi connectivity index (χ2n) is 5.90. The van der Waals surface area contributed by atoms with Crippen molar-refractivity contribution >= 4 is 46.1 Å².